The van der Waals surface area contributed by atoms with E-state index >= 15 is 0 Å². The van der Waals surface area contributed by atoms with Gasteiger partial charge in [0.05, 0.1) is 7.11 Å². The summed E-state index contributed by atoms with van der Waals surface area (Å²) in [5, 5.41) is 0. The van der Waals surface area contributed by atoms with Crippen molar-refractivity contribution < 1.29 is 9.53 Å². The molecule has 0 aromatic heterocycles. The highest BCUT2D eigenvalue weighted by Gasteiger charge is 2.17. The quantitative estimate of drug-likeness (QED) is 0.848. The van der Waals surface area contributed by atoms with Crippen LogP contribution in [-0.4, -0.2) is 13.1 Å². The molecule has 2 N–H and O–H groups in total. The third-order valence-electron chi connectivity index (χ3n) is 3.42. The average Bonchev–Trinajstić information content (AvgIpc) is 2.34. The van der Waals surface area contributed by atoms with Crippen molar-refractivity contribution >= 4 is 5.97 Å². The molecule has 106 valence electrons. The summed E-state index contributed by atoms with van der Waals surface area (Å²) in [5.41, 5.74) is 9.88. The van der Waals surface area contributed by atoms with Gasteiger partial charge in [-0.25, -0.2) is 0 Å². The van der Waals surface area contributed by atoms with E-state index in [2.05, 4.69) is 50.6 Å². The van der Waals surface area contributed by atoms with Gasteiger partial charge in [0.25, 0.3) is 0 Å². The highest BCUT2D eigenvalue weighted by Crippen LogP contribution is 2.27. The third-order valence-corrected chi connectivity index (χ3v) is 3.42. The molecule has 0 heterocycles. The molecule has 1 atom stereocenters. The Labute approximate surface area is 116 Å². The van der Waals surface area contributed by atoms with Crippen LogP contribution >= 0.6 is 0 Å². The lowest BCUT2D eigenvalue weighted by molar-refractivity contribution is -0.140. The SMILES string of the molecule is COC(=O)CCC(N)c1ccc(C(C)(C)C)cc1C. The molecule has 0 aliphatic carbocycles. The van der Waals surface area contributed by atoms with Gasteiger partial charge in [0.15, 0.2) is 0 Å². The number of benzene rings is 1. The average molecular weight is 263 g/mol. The van der Waals surface area contributed by atoms with Crippen molar-refractivity contribution in [2.45, 2.75) is 52.0 Å². The number of methoxy groups -OCH3 is 1. The maximum absolute atomic E-state index is 11.1. The van der Waals surface area contributed by atoms with E-state index in [0.29, 0.717) is 12.8 Å². The predicted molar refractivity (Wildman–Crippen MR) is 78.1 cm³/mol. The van der Waals surface area contributed by atoms with Crippen LogP contribution in [0, 0.1) is 6.92 Å². The summed E-state index contributed by atoms with van der Waals surface area (Å²) in [6.45, 7) is 8.65. The summed E-state index contributed by atoms with van der Waals surface area (Å²) < 4.78 is 4.64. The van der Waals surface area contributed by atoms with Crippen molar-refractivity contribution in [1.29, 1.82) is 0 Å². The Kier molecular flexibility index (Phi) is 5.12. The first-order chi connectivity index (χ1) is 8.75. The van der Waals surface area contributed by atoms with Crippen LogP contribution in [0.2, 0.25) is 0 Å². The van der Waals surface area contributed by atoms with Crippen molar-refractivity contribution in [3.05, 3.63) is 34.9 Å². The minimum atomic E-state index is -0.209. The van der Waals surface area contributed by atoms with Crippen molar-refractivity contribution in [2.75, 3.05) is 7.11 Å². The summed E-state index contributed by atoms with van der Waals surface area (Å²) >= 11 is 0. The fourth-order valence-corrected chi connectivity index (χ4v) is 2.09. The number of aryl methyl sites for hydroxylation is 1. The Bertz CT molecular complexity index is 447. The first kappa shape index (κ1) is 15.7. The monoisotopic (exact) mass is 263 g/mol. The lowest BCUT2D eigenvalue weighted by Crippen LogP contribution is -2.16. The van der Waals surface area contributed by atoms with E-state index in [0.717, 1.165) is 5.56 Å². The van der Waals surface area contributed by atoms with Gasteiger partial charge in [-0.1, -0.05) is 39.0 Å². The van der Waals surface area contributed by atoms with Crippen LogP contribution < -0.4 is 5.73 Å². The molecule has 0 spiro atoms. The molecule has 1 aromatic carbocycles. The largest absolute Gasteiger partial charge is 0.469 e. The normalized spacial score (nSPS) is 13.2. The van der Waals surface area contributed by atoms with Crippen LogP contribution in [0.25, 0.3) is 0 Å². The first-order valence-electron chi connectivity index (χ1n) is 6.69. The molecule has 0 amide bonds. The van der Waals surface area contributed by atoms with E-state index in [1.165, 1.54) is 18.2 Å². The second-order valence-corrected chi connectivity index (χ2v) is 6.04. The molecule has 0 saturated heterocycles. The van der Waals surface area contributed by atoms with Gasteiger partial charge in [-0.15, -0.1) is 0 Å². The lowest BCUT2D eigenvalue weighted by atomic mass is 9.84. The number of rotatable bonds is 4. The molecule has 0 aliphatic heterocycles. The Morgan fingerprint density at radius 2 is 2.00 bits per heavy atom. The van der Waals surface area contributed by atoms with E-state index in [1.54, 1.807) is 0 Å². The molecular formula is C16H25NO2. The highest BCUT2D eigenvalue weighted by atomic mass is 16.5. The van der Waals surface area contributed by atoms with Crippen LogP contribution in [0.4, 0.5) is 0 Å². The fraction of sp³-hybridized carbons (Fsp3) is 0.562. The number of carbonyl (C=O) groups excluding carboxylic acids is 1. The number of ether oxygens (including phenoxy) is 1. The molecule has 1 rings (SSSR count). The fourth-order valence-electron chi connectivity index (χ4n) is 2.09. The third kappa shape index (κ3) is 4.35. The molecule has 1 unspecified atom stereocenters. The Morgan fingerprint density at radius 3 is 2.47 bits per heavy atom. The standard InChI is InChI=1S/C16H25NO2/c1-11-10-12(16(2,3)4)6-7-13(11)14(17)8-9-15(18)19-5/h6-7,10,14H,8-9,17H2,1-5H3. The summed E-state index contributed by atoms with van der Waals surface area (Å²) in [7, 11) is 1.40. The van der Waals surface area contributed by atoms with Crippen molar-refractivity contribution in [1.82, 2.24) is 0 Å². The molecule has 0 aliphatic rings. The Hall–Kier alpha value is -1.35. The van der Waals surface area contributed by atoms with Crippen LogP contribution in [0.5, 0.6) is 0 Å². The van der Waals surface area contributed by atoms with Crippen LogP contribution in [-0.2, 0) is 14.9 Å². The minimum Gasteiger partial charge on any atom is -0.469 e. The molecule has 3 heteroatoms. The van der Waals surface area contributed by atoms with Gasteiger partial charge < -0.3 is 10.5 Å². The van der Waals surface area contributed by atoms with Crippen molar-refractivity contribution in [3.8, 4) is 0 Å². The Morgan fingerprint density at radius 1 is 1.37 bits per heavy atom. The van der Waals surface area contributed by atoms with Gasteiger partial charge in [0.2, 0.25) is 0 Å². The molecule has 0 bridgehead atoms. The number of esters is 1. The molecule has 19 heavy (non-hydrogen) atoms. The summed E-state index contributed by atoms with van der Waals surface area (Å²) in [4.78, 5) is 11.1. The van der Waals surface area contributed by atoms with Crippen LogP contribution in [0.15, 0.2) is 18.2 Å². The molecule has 0 saturated carbocycles. The van der Waals surface area contributed by atoms with Gasteiger partial charge in [-0.05, 0) is 35.4 Å². The zero-order valence-electron chi connectivity index (χ0n) is 12.6. The number of hydrogen-bond acceptors (Lipinski definition) is 3. The van der Waals surface area contributed by atoms with E-state index < -0.39 is 0 Å². The van der Waals surface area contributed by atoms with Gasteiger partial charge >= 0.3 is 5.97 Å². The maximum atomic E-state index is 11.1. The minimum absolute atomic E-state index is 0.117. The number of hydrogen-bond donors (Lipinski definition) is 1. The summed E-state index contributed by atoms with van der Waals surface area (Å²) in [6.07, 6.45) is 0.973. The van der Waals surface area contributed by atoms with Gasteiger partial charge in [0, 0.05) is 12.5 Å². The molecule has 0 radical (unpaired) electrons. The Balaban J connectivity index is 2.82. The maximum Gasteiger partial charge on any atom is 0.305 e. The van der Waals surface area contributed by atoms with Crippen molar-refractivity contribution in [2.24, 2.45) is 5.73 Å². The van der Waals surface area contributed by atoms with Crippen LogP contribution in [0.3, 0.4) is 0 Å². The van der Waals surface area contributed by atoms with E-state index in [-0.39, 0.29) is 17.4 Å². The predicted octanol–water partition coefficient (Wildman–Crippen LogP) is 3.25. The second kappa shape index (κ2) is 6.20. The molecule has 3 nitrogen and oxygen atoms in total. The molecule has 1 aromatic rings. The van der Waals surface area contributed by atoms with E-state index in [1.807, 2.05) is 0 Å². The summed E-state index contributed by atoms with van der Waals surface area (Å²) in [5.74, 6) is -0.209. The highest BCUT2D eigenvalue weighted by molar-refractivity contribution is 5.69. The second-order valence-electron chi connectivity index (χ2n) is 6.04. The molecule has 0 fully saturated rings. The number of nitrogens with two attached hydrogens (primary N) is 1. The summed E-state index contributed by atoms with van der Waals surface area (Å²) in [6, 6.07) is 6.28. The smallest absolute Gasteiger partial charge is 0.305 e. The van der Waals surface area contributed by atoms with Crippen LogP contribution in [0.1, 0.15) is 56.3 Å². The van der Waals surface area contributed by atoms with E-state index in [9.17, 15) is 4.79 Å². The number of carbonyl (C=O) groups is 1. The topological polar surface area (TPSA) is 52.3 Å². The van der Waals surface area contributed by atoms with E-state index in [4.69, 9.17) is 5.73 Å². The van der Waals surface area contributed by atoms with Gasteiger partial charge in [-0.2, -0.15) is 0 Å². The first-order valence-corrected chi connectivity index (χ1v) is 6.69. The zero-order chi connectivity index (χ0) is 14.6. The zero-order valence-corrected chi connectivity index (χ0v) is 12.6. The molecular weight excluding hydrogens is 238 g/mol. The van der Waals surface area contributed by atoms with Gasteiger partial charge in [0.1, 0.15) is 0 Å². The van der Waals surface area contributed by atoms with Gasteiger partial charge in [-0.3, -0.25) is 4.79 Å². The lowest BCUT2D eigenvalue weighted by Gasteiger charge is -2.22. The van der Waals surface area contributed by atoms with Crippen molar-refractivity contribution in [3.63, 3.8) is 0 Å².